The molecule has 1 aliphatic carbocycles. The smallest absolute Gasteiger partial charge is 0.0293 e. The fraction of sp³-hybridized carbons (Fsp3) is 1.00. The van der Waals surface area contributed by atoms with Crippen LogP contribution in [0.1, 0.15) is 47.5 Å². The summed E-state index contributed by atoms with van der Waals surface area (Å²) in [6.07, 6.45) is 2.65. The van der Waals surface area contributed by atoms with Crippen LogP contribution in [0.4, 0.5) is 0 Å². The second-order valence-corrected chi connectivity index (χ2v) is 8.31. The van der Waals surface area contributed by atoms with E-state index in [0.717, 1.165) is 18.4 Å². The molecular weight excluding hydrogens is 190 g/mol. The molecule has 0 aromatic carbocycles. The van der Waals surface area contributed by atoms with E-state index in [-0.39, 0.29) is 0 Å². The molecular formula is C12H25NS. The summed E-state index contributed by atoms with van der Waals surface area (Å²) in [7, 11) is 0. The van der Waals surface area contributed by atoms with Gasteiger partial charge >= 0.3 is 0 Å². The van der Waals surface area contributed by atoms with Crippen molar-refractivity contribution >= 4 is 11.8 Å². The molecule has 2 heteroatoms. The molecule has 84 valence electrons. The topological polar surface area (TPSA) is 26.0 Å². The van der Waals surface area contributed by atoms with Gasteiger partial charge in [-0.2, -0.15) is 0 Å². The van der Waals surface area contributed by atoms with E-state index in [1.807, 2.05) is 0 Å². The third kappa shape index (κ3) is 2.90. The van der Waals surface area contributed by atoms with E-state index in [1.54, 1.807) is 0 Å². The van der Waals surface area contributed by atoms with Gasteiger partial charge < -0.3 is 5.73 Å². The van der Waals surface area contributed by atoms with Crippen LogP contribution in [0, 0.1) is 11.8 Å². The summed E-state index contributed by atoms with van der Waals surface area (Å²) in [5.74, 6) is 1.74. The highest BCUT2D eigenvalue weighted by Gasteiger charge is 2.46. The summed E-state index contributed by atoms with van der Waals surface area (Å²) in [5, 5.41) is 0. The Morgan fingerprint density at radius 1 is 1.36 bits per heavy atom. The molecule has 1 rings (SSSR count). The van der Waals surface area contributed by atoms with Crippen LogP contribution < -0.4 is 5.73 Å². The Balaban J connectivity index is 2.49. The van der Waals surface area contributed by atoms with Gasteiger partial charge in [-0.25, -0.2) is 0 Å². The lowest BCUT2D eigenvalue weighted by atomic mass is 9.69. The molecule has 0 bridgehead atoms. The third-order valence-electron chi connectivity index (χ3n) is 3.11. The van der Waals surface area contributed by atoms with Crippen molar-refractivity contribution in [2.75, 3.05) is 6.54 Å². The minimum absolute atomic E-state index is 0.349. The number of hydrogen-bond donors (Lipinski definition) is 1. The van der Waals surface area contributed by atoms with Gasteiger partial charge in [-0.05, 0) is 24.7 Å². The van der Waals surface area contributed by atoms with Gasteiger partial charge in [-0.3, -0.25) is 0 Å². The highest BCUT2D eigenvalue weighted by molar-refractivity contribution is 8.02. The predicted molar refractivity (Wildman–Crippen MR) is 66.7 cm³/mol. The molecule has 0 saturated heterocycles. The number of thioether (sulfide) groups is 1. The van der Waals surface area contributed by atoms with Crippen LogP contribution in [0.2, 0.25) is 0 Å². The molecule has 0 unspecified atom stereocenters. The lowest BCUT2D eigenvalue weighted by Crippen LogP contribution is -2.50. The van der Waals surface area contributed by atoms with Gasteiger partial charge in [0.2, 0.25) is 0 Å². The Hall–Kier alpha value is 0.310. The normalized spacial score (nSPS) is 33.2. The van der Waals surface area contributed by atoms with E-state index < -0.39 is 0 Å². The summed E-state index contributed by atoms with van der Waals surface area (Å²) >= 11 is 2.09. The summed E-state index contributed by atoms with van der Waals surface area (Å²) in [5.41, 5.74) is 5.92. The molecule has 0 aromatic rings. The number of rotatable bonds is 3. The van der Waals surface area contributed by atoms with Crippen LogP contribution in [0.15, 0.2) is 0 Å². The first-order valence-electron chi connectivity index (χ1n) is 5.68. The highest BCUT2D eigenvalue weighted by atomic mass is 32.2. The van der Waals surface area contributed by atoms with Gasteiger partial charge in [0, 0.05) is 16.0 Å². The van der Waals surface area contributed by atoms with Crippen molar-refractivity contribution in [3.8, 4) is 0 Å². The molecule has 0 spiro atoms. The van der Waals surface area contributed by atoms with Crippen LogP contribution >= 0.6 is 11.8 Å². The zero-order chi connectivity index (χ0) is 11.0. The molecule has 1 aliphatic rings. The van der Waals surface area contributed by atoms with Gasteiger partial charge in [0.15, 0.2) is 0 Å². The maximum absolute atomic E-state index is 5.92. The van der Waals surface area contributed by atoms with Gasteiger partial charge in [-0.15, -0.1) is 11.8 Å². The second kappa shape index (κ2) is 4.05. The first kappa shape index (κ1) is 12.4. The minimum atomic E-state index is 0.349. The standard InChI is InChI=1S/C12H25NS/c1-9(2)10-6-12(7-10,8-13)14-11(3,4)5/h9-10H,6-8,13H2,1-5H3. The fourth-order valence-corrected chi connectivity index (χ4v) is 4.29. The van der Waals surface area contributed by atoms with Crippen LogP contribution in [0.3, 0.4) is 0 Å². The maximum atomic E-state index is 5.92. The largest absolute Gasteiger partial charge is 0.329 e. The molecule has 0 atom stereocenters. The van der Waals surface area contributed by atoms with Crippen molar-refractivity contribution in [2.24, 2.45) is 17.6 Å². The molecule has 0 heterocycles. The summed E-state index contributed by atoms with van der Waals surface area (Å²) in [6.45, 7) is 12.4. The summed E-state index contributed by atoms with van der Waals surface area (Å²) in [6, 6.07) is 0. The Kier molecular flexibility index (Phi) is 3.58. The monoisotopic (exact) mass is 215 g/mol. The zero-order valence-corrected chi connectivity index (χ0v) is 11.1. The molecule has 1 nitrogen and oxygen atoms in total. The molecule has 0 amide bonds. The van der Waals surface area contributed by atoms with Crippen molar-refractivity contribution in [1.29, 1.82) is 0 Å². The molecule has 2 N–H and O–H groups in total. The minimum Gasteiger partial charge on any atom is -0.329 e. The predicted octanol–water partition coefficient (Wildman–Crippen LogP) is 3.28. The Bertz CT molecular complexity index is 187. The van der Waals surface area contributed by atoms with Gasteiger partial charge in [0.25, 0.3) is 0 Å². The lowest BCUT2D eigenvalue weighted by Gasteiger charge is -2.51. The SMILES string of the molecule is CC(C)C1CC(CN)(SC(C)(C)C)C1. The molecule has 0 aromatic heterocycles. The van der Waals surface area contributed by atoms with Crippen molar-refractivity contribution in [1.82, 2.24) is 0 Å². The van der Waals surface area contributed by atoms with Gasteiger partial charge in [0.1, 0.15) is 0 Å². The third-order valence-corrected chi connectivity index (χ3v) is 4.65. The first-order chi connectivity index (χ1) is 6.28. The fourth-order valence-electron chi connectivity index (χ4n) is 2.31. The van der Waals surface area contributed by atoms with Crippen LogP contribution in [0.5, 0.6) is 0 Å². The van der Waals surface area contributed by atoms with E-state index in [1.165, 1.54) is 12.8 Å². The maximum Gasteiger partial charge on any atom is 0.0293 e. The molecule has 1 saturated carbocycles. The Labute approximate surface area is 93.2 Å². The molecule has 0 radical (unpaired) electrons. The van der Waals surface area contributed by atoms with E-state index in [9.17, 15) is 0 Å². The summed E-state index contributed by atoms with van der Waals surface area (Å²) in [4.78, 5) is 0. The molecule has 1 fully saturated rings. The van der Waals surface area contributed by atoms with Crippen molar-refractivity contribution in [3.63, 3.8) is 0 Å². The van der Waals surface area contributed by atoms with Crippen LogP contribution in [-0.2, 0) is 0 Å². The van der Waals surface area contributed by atoms with Gasteiger partial charge in [-0.1, -0.05) is 34.6 Å². The zero-order valence-electron chi connectivity index (χ0n) is 10.3. The number of hydrogen-bond acceptors (Lipinski definition) is 2. The second-order valence-electron chi connectivity index (χ2n) is 6.01. The van der Waals surface area contributed by atoms with E-state index in [4.69, 9.17) is 5.73 Å². The van der Waals surface area contributed by atoms with Crippen molar-refractivity contribution < 1.29 is 0 Å². The number of nitrogens with two attached hydrogens (primary N) is 1. The van der Waals surface area contributed by atoms with E-state index >= 15 is 0 Å². The van der Waals surface area contributed by atoms with Crippen LogP contribution in [0.25, 0.3) is 0 Å². The summed E-state index contributed by atoms with van der Waals surface area (Å²) < 4.78 is 0.745. The highest BCUT2D eigenvalue weighted by Crippen LogP contribution is 2.53. The lowest BCUT2D eigenvalue weighted by molar-refractivity contribution is 0.175. The average Bonchev–Trinajstić information content (AvgIpc) is 1.93. The average molecular weight is 215 g/mol. The van der Waals surface area contributed by atoms with Crippen molar-refractivity contribution in [2.45, 2.75) is 57.0 Å². The first-order valence-corrected chi connectivity index (χ1v) is 6.50. The van der Waals surface area contributed by atoms with E-state index in [0.29, 0.717) is 9.49 Å². The molecule has 0 aliphatic heterocycles. The van der Waals surface area contributed by atoms with Crippen molar-refractivity contribution in [3.05, 3.63) is 0 Å². The van der Waals surface area contributed by atoms with E-state index in [2.05, 4.69) is 46.4 Å². The molecule has 14 heavy (non-hydrogen) atoms. The van der Waals surface area contributed by atoms with Gasteiger partial charge in [0.05, 0.1) is 0 Å². The Morgan fingerprint density at radius 3 is 2.14 bits per heavy atom. The quantitative estimate of drug-likeness (QED) is 0.782. The Morgan fingerprint density at radius 2 is 1.86 bits per heavy atom. The van der Waals surface area contributed by atoms with Crippen LogP contribution in [-0.4, -0.2) is 16.0 Å².